The van der Waals surface area contributed by atoms with E-state index in [0.29, 0.717) is 5.75 Å². The van der Waals surface area contributed by atoms with Crippen LogP contribution in [0.15, 0.2) is 12.1 Å². The normalized spacial score (nSPS) is 10.1. The molecule has 11 heavy (non-hydrogen) atoms. The molecule has 60 valence electrons. The minimum atomic E-state index is 0.0249. The monoisotopic (exact) mass is 264 g/mol. The van der Waals surface area contributed by atoms with Gasteiger partial charge in [0.15, 0.2) is 0 Å². The summed E-state index contributed by atoms with van der Waals surface area (Å²) >= 11 is 2.04. The molecule has 0 aliphatic carbocycles. The van der Waals surface area contributed by atoms with Gasteiger partial charge in [-0.1, -0.05) is 6.07 Å². The summed E-state index contributed by atoms with van der Waals surface area (Å²) in [5.41, 5.74) is 1.64. The van der Waals surface area contributed by atoms with E-state index in [1.54, 1.807) is 12.1 Å². The Kier molecular flexibility index (Phi) is 2.72. The smallest absolute Gasteiger partial charge is 0.131 e. The molecule has 1 aromatic rings. The highest BCUT2D eigenvalue weighted by atomic mass is 127. The first-order chi connectivity index (χ1) is 5.15. The highest BCUT2D eigenvalue weighted by Crippen LogP contribution is 2.24. The maximum Gasteiger partial charge on any atom is 0.131 e. The number of hydrogen-bond acceptors (Lipinski definition) is 2. The predicted molar refractivity (Wildman–Crippen MR) is 51.5 cm³/mol. The SMILES string of the molecule is Cc1cc(CO)cc(I)c1O. The van der Waals surface area contributed by atoms with Gasteiger partial charge in [0.25, 0.3) is 0 Å². The average molecular weight is 264 g/mol. The zero-order chi connectivity index (χ0) is 8.43. The van der Waals surface area contributed by atoms with Gasteiger partial charge in [-0.3, -0.25) is 0 Å². The van der Waals surface area contributed by atoms with Crippen LogP contribution in [0.5, 0.6) is 5.75 Å². The van der Waals surface area contributed by atoms with Crippen molar-refractivity contribution in [3.63, 3.8) is 0 Å². The fourth-order valence-electron chi connectivity index (χ4n) is 0.899. The average Bonchev–Trinajstić information content (AvgIpc) is 1.99. The molecule has 0 aromatic heterocycles. The van der Waals surface area contributed by atoms with Gasteiger partial charge < -0.3 is 10.2 Å². The van der Waals surface area contributed by atoms with Gasteiger partial charge in [-0.15, -0.1) is 0 Å². The van der Waals surface area contributed by atoms with Gasteiger partial charge in [0.1, 0.15) is 5.75 Å². The van der Waals surface area contributed by atoms with Crippen molar-refractivity contribution in [2.24, 2.45) is 0 Å². The number of phenolic OH excluding ortho intramolecular Hbond substituents is 1. The molecule has 1 aromatic carbocycles. The Morgan fingerprint density at radius 1 is 1.45 bits per heavy atom. The van der Waals surface area contributed by atoms with E-state index >= 15 is 0 Å². The van der Waals surface area contributed by atoms with Crippen LogP contribution in [0.25, 0.3) is 0 Å². The molecule has 0 unspecified atom stereocenters. The highest BCUT2D eigenvalue weighted by Gasteiger charge is 2.02. The lowest BCUT2D eigenvalue weighted by molar-refractivity contribution is 0.281. The summed E-state index contributed by atoms with van der Waals surface area (Å²) < 4.78 is 0.784. The molecule has 0 amide bonds. The Bertz CT molecular complexity index is 248. The van der Waals surface area contributed by atoms with Crippen molar-refractivity contribution in [3.05, 3.63) is 26.8 Å². The number of aromatic hydroxyl groups is 1. The molecule has 0 aliphatic heterocycles. The van der Waals surface area contributed by atoms with E-state index in [0.717, 1.165) is 14.7 Å². The fraction of sp³-hybridized carbons (Fsp3) is 0.250. The molecule has 0 radical (unpaired) electrons. The van der Waals surface area contributed by atoms with Gasteiger partial charge in [0.2, 0.25) is 0 Å². The quantitative estimate of drug-likeness (QED) is 0.759. The molecule has 3 heteroatoms. The van der Waals surface area contributed by atoms with E-state index in [9.17, 15) is 5.11 Å². The molecule has 0 spiro atoms. The highest BCUT2D eigenvalue weighted by molar-refractivity contribution is 14.1. The Balaban J connectivity index is 3.21. The number of phenols is 1. The van der Waals surface area contributed by atoms with E-state index in [1.165, 1.54) is 0 Å². The second kappa shape index (κ2) is 3.40. The van der Waals surface area contributed by atoms with Gasteiger partial charge in [-0.05, 0) is 46.7 Å². The first-order valence-corrected chi connectivity index (χ1v) is 4.32. The van der Waals surface area contributed by atoms with Gasteiger partial charge in [-0.25, -0.2) is 0 Å². The number of benzene rings is 1. The zero-order valence-corrected chi connectivity index (χ0v) is 8.29. The lowest BCUT2D eigenvalue weighted by Gasteiger charge is -2.03. The third kappa shape index (κ3) is 1.84. The summed E-state index contributed by atoms with van der Waals surface area (Å²) in [7, 11) is 0. The molecular weight excluding hydrogens is 255 g/mol. The summed E-state index contributed by atoms with van der Waals surface area (Å²) in [6, 6.07) is 3.54. The number of aliphatic hydroxyl groups is 1. The number of aryl methyl sites for hydroxylation is 1. The van der Waals surface area contributed by atoms with Crippen LogP contribution in [-0.4, -0.2) is 10.2 Å². The molecular formula is C8H9IO2. The van der Waals surface area contributed by atoms with Gasteiger partial charge >= 0.3 is 0 Å². The Morgan fingerprint density at radius 2 is 2.09 bits per heavy atom. The summed E-state index contributed by atoms with van der Waals surface area (Å²) in [5, 5.41) is 18.1. The van der Waals surface area contributed by atoms with Crippen molar-refractivity contribution < 1.29 is 10.2 Å². The maximum atomic E-state index is 9.34. The van der Waals surface area contributed by atoms with Crippen molar-refractivity contribution in [1.82, 2.24) is 0 Å². The molecule has 0 bridgehead atoms. The topological polar surface area (TPSA) is 40.5 Å². The number of aliphatic hydroxyl groups excluding tert-OH is 1. The largest absolute Gasteiger partial charge is 0.507 e. The lowest BCUT2D eigenvalue weighted by Crippen LogP contribution is -1.87. The zero-order valence-electron chi connectivity index (χ0n) is 6.13. The van der Waals surface area contributed by atoms with Crippen LogP contribution < -0.4 is 0 Å². The summed E-state index contributed by atoms with van der Waals surface area (Å²) in [4.78, 5) is 0. The summed E-state index contributed by atoms with van der Waals surface area (Å²) in [5.74, 6) is 0.308. The third-order valence-electron chi connectivity index (χ3n) is 1.50. The van der Waals surface area contributed by atoms with Crippen molar-refractivity contribution in [1.29, 1.82) is 0 Å². The van der Waals surface area contributed by atoms with Crippen LogP contribution in [0.4, 0.5) is 0 Å². The molecule has 0 fully saturated rings. The first kappa shape index (κ1) is 8.80. The van der Waals surface area contributed by atoms with E-state index in [-0.39, 0.29) is 6.61 Å². The Morgan fingerprint density at radius 3 is 2.55 bits per heavy atom. The molecule has 0 saturated carbocycles. The Labute approximate surface area is 79.0 Å². The van der Waals surface area contributed by atoms with Crippen molar-refractivity contribution in [2.75, 3.05) is 0 Å². The standard InChI is InChI=1S/C8H9IO2/c1-5-2-6(4-10)3-7(9)8(5)11/h2-3,10-11H,4H2,1H3. The number of hydrogen-bond donors (Lipinski definition) is 2. The Hall–Kier alpha value is -0.290. The third-order valence-corrected chi connectivity index (χ3v) is 2.32. The number of rotatable bonds is 1. The molecule has 0 aliphatic rings. The second-order valence-corrected chi connectivity index (χ2v) is 3.56. The van der Waals surface area contributed by atoms with Crippen molar-refractivity contribution >= 4 is 22.6 Å². The summed E-state index contributed by atoms with van der Waals surface area (Å²) in [6.45, 7) is 1.84. The van der Waals surface area contributed by atoms with Crippen LogP contribution in [0.1, 0.15) is 11.1 Å². The maximum absolute atomic E-state index is 9.34. The molecule has 0 atom stereocenters. The van der Waals surface area contributed by atoms with Crippen molar-refractivity contribution in [2.45, 2.75) is 13.5 Å². The molecule has 0 heterocycles. The van der Waals surface area contributed by atoms with Crippen LogP contribution in [-0.2, 0) is 6.61 Å². The summed E-state index contributed by atoms with van der Waals surface area (Å²) in [6.07, 6.45) is 0. The molecule has 2 nitrogen and oxygen atoms in total. The predicted octanol–water partition coefficient (Wildman–Crippen LogP) is 1.80. The van der Waals surface area contributed by atoms with Gasteiger partial charge in [-0.2, -0.15) is 0 Å². The van der Waals surface area contributed by atoms with Crippen LogP contribution in [0, 0.1) is 10.5 Å². The molecule has 2 N–H and O–H groups in total. The van der Waals surface area contributed by atoms with E-state index < -0.39 is 0 Å². The fourth-order valence-corrected chi connectivity index (χ4v) is 1.72. The van der Waals surface area contributed by atoms with Crippen LogP contribution in [0.2, 0.25) is 0 Å². The van der Waals surface area contributed by atoms with Gasteiger partial charge in [0.05, 0.1) is 10.2 Å². The first-order valence-electron chi connectivity index (χ1n) is 3.24. The van der Waals surface area contributed by atoms with E-state index in [1.807, 2.05) is 29.5 Å². The minimum absolute atomic E-state index is 0.0249. The number of halogens is 1. The second-order valence-electron chi connectivity index (χ2n) is 2.40. The molecule has 1 rings (SSSR count). The van der Waals surface area contributed by atoms with E-state index in [4.69, 9.17) is 5.11 Å². The van der Waals surface area contributed by atoms with E-state index in [2.05, 4.69) is 0 Å². The lowest BCUT2D eigenvalue weighted by atomic mass is 10.1. The minimum Gasteiger partial charge on any atom is -0.507 e. The van der Waals surface area contributed by atoms with Crippen molar-refractivity contribution in [3.8, 4) is 5.75 Å². The van der Waals surface area contributed by atoms with Crippen LogP contribution >= 0.6 is 22.6 Å². The van der Waals surface area contributed by atoms with Gasteiger partial charge in [0, 0.05) is 0 Å². The molecule has 0 saturated heterocycles. The van der Waals surface area contributed by atoms with Crippen LogP contribution in [0.3, 0.4) is 0 Å².